The van der Waals surface area contributed by atoms with Crippen molar-refractivity contribution in [2.75, 3.05) is 12.4 Å². The minimum atomic E-state index is -0.00852. The summed E-state index contributed by atoms with van der Waals surface area (Å²) in [5.74, 6) is -0.00852. The first kappa shape index (κ1) is 13.6. The van der Waals surface area contributed by atoms with Gasteiger partial charge >= 0.3 is 0 Å². The zero-order chi connectivity index (χ0) is 14.7. The van der Waals surface area contributed by atoms with Crippen molar-refractivity contribution < 1.29 is 4.79 Å². The number of nitrogens with zero attached hydrogens (tertiary/aromatic N) is 2. The monoisotopic (exact) mass is 281 g/mol. The van der Waals surface area contributed by atoms with E-state index in [-0.39, 0.29) is 5.91 Å². The SMILES string of the molecule is CN(Cc1ccccc1)C(=O)c1cncc(NC2CC2)c1. The summed E-state index contributed by atoms with van der Waals surface area (Å²) in [4.78, 5) is 18.3. The summed E-state index contributed by atoms with van der Waals surface area (Å²) in [7, 11) is 1.82. The zero-order valence-corrected chi connectivity index (χ0v) is 12.1. The Morgan fingerprint density at radius 2 is 2.05 bits per heavy atom. The van der Waals surface area contributed by atoms with Gasteiger partial charge in [0.25, 0.3) is 5.91 Å². The third-order valence-electron chi connectivity index (χ3n) is 3.54. The maximum atomic E-state index is 12.5. The van der Waals surface area contributed by atoms with Crippen LogP contribution in [0.25, 0.3) is 0 Å². The Hall–Kier alpha value is -2.36. The van der Waals surface area contributed by atoms with Crippen LogP contribution in [0.15, 0.2) is 48.8 Å². The van der Waals surface area contributed by atoms with Gasteiger partial charge in [0.15, 0.2) is 0 Å². The highest BCUT2D eigenvalue weighted by molar-refractivity contribution is 5.94. The van der Waals surface area contributed by atoms with Crippen molar-refractivity contribution in [2.45, 2.75) is 25.4 Å². The first-order valence-corrected chi connectivity index (χ1v) is 7.23. The van der Waals surface area contributed by atoms with Gasteiger partial charge in [0.05, 0.1) is 11.3 Å². The van der Waals surface area contributed by atoms with Crippen molar-refractivity contribution in [3.05, 3.63) is 59.9 Å². The fourth-order valence-electron chi connectivity index (χ4n) is 2.25. The van der Waals surface area contributed by atoms with Crippen molar-refractivity contribution in [2.24, 2.45) is 0 Å². The van der Waals surface area contributed by atoms with Crippen LogP contribution in [0.1, 0.15) is 28.8 Å². The third kappa shape index (κ3) is 3.60. The highest BCUT2D eigenvalue weighted by atomic mass is 16.2. The molecule has 2 aromatic rings. The summed E-state index contributed by atoms with van der Waals surface area (Å²) in [6, 6.07) is 12.4. The van der Waals surface area contributed by atoms with Crippen LogP contribution >= 0.6 is 0 Å². The van der Waals surface area contributed by atoms with Crippen LogP contribution in [0.5, 0.6) is 0 Å². The number of anilines is 1. The molecule has 4 nitrogen and oxygen atoms in total. The molecule has 4 heteroatoms. The molecule has 1 aliphatic carbocycles. The Bertz CT molecular complexity index is 623. The number of hydrogen-bond acceptors (Lipinski definition) is 3. The summed E-state index contributed by atoms with van der Waals surface area (Å²) >= 11 is 0. The van der Waals surface area contributed by atoms with E-state index in [0.29, 0.717) is 18.2 Å². The number of hydrogen-bond donors (Lipinski definition) is 1. The number of amides is 1. The lowest BCUT2D eigenvalue weighted by Crippen LogP contribution is -2.26. The van der Waals surface area contributed by atoms with E-state index in [4.69, 9.17) is 0 Å². The predicted octanol–water partition coefficient (Wildman–Crippen LogP) is 2.93. The first-order chi connectivity index (χ1) is 10.2. The highest BCUT2D eigenvalue weighted by Gasteiger charge is 2.21. The normalized spacial score (nSPS) is 13.8. The summed E-state index contributed by atoms with van der Waals surface area (Å²) in [5, 5.41) is 3.37. The molecule has 1 N–H and O–H groups in total. The third-order valence-corrected chi connectivity index (χ3v) is 3.54. The van der Waals surface area contributed by atoms with Crippen LogP contribution in [0, 0.1) is 0 Å². The van der Waals surface area contributed by atoms with Crippen LogP contribution in [0.3, 0.4) is 0 Å². The van der Waals surface area contributed by atoms with E-state index in [0.717, 1.165) is 11.3 Å². The maximum Gasteiger partial charge on any atom is 0.255 e. The molecule has 0 spiro atoms. The molecule has 0 unspecified atom stereocenters. The van der Waals surface area contributed by atoms with E-state index in [1.807, 2.05) is 43.4 Å². The van der Waals surface area contributed by atoms with E-state index < -0.39 is 0 Å². The number of pyridine rings is 1. The number of benzene rings is 1. The van der Waals surface area contributed by atoms with E-state index in [9.17, 15) is 4.79 Å². The molecule has 0 aliphatic heterocycles. The second-order valence-electron chi connectivity index (χ2n) is 5.53. The molecule has 1 aliphatic rings. The van der Waals surface area contributed by atoms with Crippen LogP contribution in [-0.4, -0.2) is 28.9 Å². The first-order valence-electron chi connectivity index (χ1n) is 7.23. The largest absolute Gasteiger partial charge is 0.381 e. The number of rotatable bonds is 5. The van der Waals surface area contributed by atoms with Gasteiger partial charge in [-0.1, -0.05) is 30.3 Å². The topological polar surface area (TPSA) is 45.2 Å². The lowest BCUT2D eigenvalue weighted by molar-refractivity contribution is 0.0784. The van der Waals surface area contributed by atoms with Crippen molar-refractivity contribution in [3.63, 3.8) is 0 Å². The molecule has 0 saturated heterocycles. The Balaban J connectivity index is 1.68. The smallest absolute Gasteiger partial charge is 0.255 e. The predicted molar refractivity (Wildman–Crippen MR) is 83.1 cm³/mol. The molecule has 0 atom stereocenters. The van der Waals surface area contributed by atoms with Gasteiger partial charge in [-0.2, -0.15) is 0 Å². The van der Waals surface area contributed by atoms with Crippen LogP contribution in [-0.2, 0) is 6.54 Å². The minimum absolute atomic E-state index is 0.00852. The van der Waals surface area contributed by atoms with Crippen molar-refractivity contribution in [1.29, 1.82) is 0 Å². The van der Waals surface area contributed by atoms with Gasteiger partial charge < -0.3 is 10.2 Å². The van der Waals surface area contributed by atoms with Gasteiger partial charge in [0, 0.05) is 32.0 Å². The Labute approximate surface area is 124 Å². The van der Waals surface area contributed by atoms with Crippen LogP contribution in [0.4, 0.5) is 5.69 Å². The molecule has 0 radical (unpaired) electrons. The lowest BCUT2D eigenvalue weighted by atomic mass is 10.2. The number of carbonyl (C=O) groups excluding carboxylic acids is 1. The average molecular weight is 281 g/mol. The molecule has 1 aromatic carbocycles. The standard InChI is InChI=1S/C17H19N3O/c1-20(12-13-5-3-2-4-6-13)17(21)14-9-16(11-18-10-14)19-15-7-8-15/h2-6,9-11,15,19H,7-8,12H2,1H3. The van der Waals surface area contributed by atoms with Crippen molar-refractivity contribution >= 4 is 11.6 Å². The molecule has 1 saturated carbocycles. The van der Waals surface area contributed by atoms with Crippen molar-refractivity contribution in [1.82, 2.24) is 9.88 Å². The highest BCUT2D eigenvalue weighted by Crippen LogP contribution is 2.24. The fraction of sp³-hybridized carbons (Fsp3) is 0.294. The van der Waals surface area contributed by atoms with Gasteiger partial charge in [0.1, 0.15) is 0 Å². The second kappa shape index (κ2) is 5.95. The minimum Gasteiger partial charge on any atom is -0.381 e. The number of nitrogens with one attached hydrogen (secondary N) is 1. The Morgan fingerprint density at radius 1 is 1.29 bits per heavy atom. The average Bonchev–Trinajstić information content (AvgIpc) is 3.32. The molecule has 3 rings (SSSR count). The summed E-state index contributed by atoms with van der Waals surface area (Å²) in [6.45, 7) is 0.597. The number of carbonyl (C=O) groups is 1. The van der Waals surface area contributed by atoms with Crippen LogP contribution < -0.4 is 5.32 Å². The molecule has 0 bridgehead atoms. The van der Waals surface area contributed by atoms with Gasteiger partial charge in [-0.25, -0.2) is 0 Å². The molecule has 1 heterocycles. The quantitative estimate of drug-likeness (QED) is 0.916. The Morgan fingerprint density at radius 3 is 2.76 bits per heavy atom. The van der Waals surface area contributed by atoms with E-state index in [1.165, 1.54) is 12.8 Å². The number of aromatic nitrogens is 1. The molecular formula is C17H19N3O. The Kier molecular flexibility index (Phi) is 3.86. The maximum absolute atomic E-state index is 12.5. The van der Waals surface area contributed by atoms with Gasteiger partial charge in [0.2, 0.25) is 0 Å². The molecule has 1 aromatic heterocycles. The molecular weight excluding hydrogens is 262 g/mol. The fourth-order valence-corrected chi connectivity index (χ4v) is 2.25. The van der Waals surface area contributed by atoms with Gasteiger partial charge in [-0.3, -0.25) is 9.78 Å². The van der Waals surface area contributed by atoms with E-state index >= 15 is 0 Å². The summed E-state index contributed by atoms with van der Waals surface area (Å²) in [6.07, 6.45) is 5.80. The molecule has 1 fully saturated rings. The lowest BCUT2D eigenvalue weighted by Gasteiger charge is -2.17. The zero-order valence-electron chi connectivity index (χ0n) is 12.1. The van der Waals surface area contributed by atoms with Gasteiger partial charge in [-0.15, -0.1) is 0 Å². The van der Waals surface area contributed by atoms with Crippen molar-refractivity contribution in [3.8, 4) is 0 Å². The molecule has 1 amide bonds. The second-order valence-corrected chi connectivity index (χ2v) is 5.53. The van der Waals surface area contributed by atoms with Gasteiger partial charge in [-0.05, 0) is 24.5 Å². The summed E-state index contributed by atoms with van der Waals surface area (Å²) in [5.41, 5.74) is 2.67. The van der Waals surface area contributed by atoms with E-state index in [1.54, 1.807) is 17.3 Å². The molecule has 108 valence electrons. The molecule has 21 heavy (non-hydrogen) atoms. The van der Waals surface area contributed by atoms with Crippen LogP contribution in [0.2, 0.25) is 0 Å². The van der Waals surface area contributed by atoms with E-state index in [2.05, 4.69) is 10.3 Å². The summed E-state index contributed by atoms with van der Waals surface area (Å²) < 4.78 is 0.